The van der Waals surface area contributed by atoms with Crippen LogP contribution >= 0.6 is 43.5 Å². The van der Waals surface area contributed by atoms with E-state index in [-0.39, 0.29) is 6.61 Å². The monoisotopic (exact) mass is 494 g/mol. The third-order valence-corrected chi connectivity index (χ3v) is 4.91. The molecular formula is C20H13Br2ClO3. The second-order valence-corrected chi connectivity index (χ2v) is 7.53. The number of esters is 1. The molecular weight excluding hydrogens is 483 g/mol. The summed E-state index contributed by atoms with van der Waals surface area (Å²) in [6, 6.07) is 20.7. The number of ether oxygens (including phenoxy) is 2. The van der Waals surface area contributed by atoms with Crippen LogP contribution in [0, 0.1) is 0 Å². The van der Waals surface area contributed by atoms with Crippen molar-refractivity contribution >= 4 is 49.4 Å². The molecule has 3 aromatic rings. The summed E-state index contributed by atoms with van der Waals surface area (Å²) >= 11 is 12.8. The SMILES string of the molecule is O=C(COc1ccc(-c2ccccc2)cc1Br)Oc1ccc(Br)cc1Cl. The Bertz CT molecular complexity index is 930. The topological polar surface area (TPSA) is 35.5 Å². The van der Waals surface area contributed by atoms with Crippen LogP contribution in [-0.2, 0) is 4.79 Å². The molecule has 6 heteroatoms. The van der Waals surface area contributed by atoms with Crippen LogP contribution in [0.5, 0.6) is 11.5 Å². The zero-order valence-electron chi connectivity index (χ0n) is 13.4. The minimum Gasteiger partial charge on any atom is -0.481 e. The van der Waals surface area contributed by atoms with Gasteiger partial charge in [-0.15, -0.1) is 0 Å². The van der Waals surface area contributed by atoms with Crippen LogP contribution in [0.25, 0.3) is 11.1 Å². The van der Waals surface area contributed by atoms with Crippen LogP contribution in [0.15, 0.2) is 75.7 Å². The predicted molar refractivity (Wildman–Crippen MR) is 110 cm³/mol. The van der Waals surface area contributed by atoms with Crippen LogP contribution in [0.1, 0.15) is 0 Å². The molecule has 0 aromatic heterocycles. The Labute approximate surface area is 173 Å². The van der Waals surface area contributed by atoms with Gasteiger partial charge in [0, 0.05) is 4.47 Å². The van der Waals surface area contributed by atoms with E-state index in [0.29, 0.717) is 16.5 Å². The van der Waals surface area contributed by atoms with Crippen LogP contribution < -0.4 is 9.47 Å². The first-order valence-corrected chi connectivity index (χ1v) is 9.63. The Hall–Kier alpha value is -1.82. The van der Waals surface area contributed by atoms with Crippen molar-refractivity contribution in [3.05, 3.63) is 80.7 Å². The lowest BCUT2D eigenvalue weighted by Gasteiger charge is -2.10. The van der Waals surface area contributed by atoms with Gasteiger partial charge in [-0.25, -0.2) is 4.79 Å². The normalized spacial score (nSPS) is 10.4. The van der Waals surface area contributed by atoms with Gasteiger partial charge >= 0.3 is 5.97 Å². The number of halogens is 3. The smallest absolute Gasteiger partial charge is 0.349 e. The fraction of sp³-hybridized carbons (Fsp3) is 0.0500. The maximum Gasteiger partial charge on any atom is 0.349 e. The van der Waals surface area contributed by atoms with E-state index in [2.05, 4.69) is 31.9 Å². The van der Waals surface area contributed by atoms with Gasteiger partial charge in [-0.1, -0.05) is 63.9 Å². The van der Waals surface area contributed by atoms with Crippen molar-refractivity contribution in [2.45, 2.75) is 0 Å². The van der Waals surface area contributed by atoms with Crippen molar-refractivity contribution in [1.82, 2.24) is 0 Å². The van der Waals surface area contributed by atoms with Gasteiger partial charge in [0.15, 0.2) is 6.61 Å². The summed E-state index contributed by atoms with van der Waals surface area (Å²) in [5.74, 6) is 0.318. The molecule has 0 aliphatic carbocycles. The Morgan fingerprint density at radius 2 is 1.62 bits per heavy atom. The molecule has 0 fully saturated rings. The number of hydrogen-bond acceptors (Lipinski definition) is 3. The van der Waals surface area contributed by atoms with Gasteiger partial charge in [0.25, 0.3) is 0 Å². The molecule has 3 nitrogen and oxygen atoms in total. The van der Waals surface area contributed by atoms with Gasteiger partial charge in [-0.2, -0.15) is 0 Å². The molecule has 0 aliphatic heterocycles. The first-order valence-electron chi connectivity index (χ1n) is 7.66. The lowest BCUT2D eigenvalue weighted by Crippen LogP contribution is -2.18. The number of carbonyl (C=O) groups excluding carboxylic acids is 1. The zero-order chi connectivity index (χ0) is 18.5. The number of benzene rings is 3. The van der Waals surface area contributed by atoms with Crippen molar-refractivity contribution in [1.29, 1.82) is 0 Å². The van der Waals surface area contributed by atoms with Gasteiger partial charge < -0.3 is 9.47 Å². The van der Waals surface area contributed by atoms with Crippen molar-refractivity contribution in [3.63, 3.8) is 0 Å². The zero-order valence-corrected chi connectivity index (χ0v) is 17.3. The lowest BCUT2D eigenvalue weighted by atomic mass is 10.1. The largest absolute Gasteiger partial charge is 0.481 e. The molecule has 0 unspecified atom stereocenters. The molecule has 3 rings (SSSR count). The van der Waals surface area contributed by atoms with Gasteiger partial charge in [0.05, 0.1) is 9.50 Å². The van der Waals surface area contributed by atoms with Crippen LogP contribution in [-0.4, -0.2) is 12.6 Å². The van der Waals surface area contributed by atoms with E-state index in [4.69, 9.17) is 21.1 Å². The lowest BCUT2D eigenvalue weighted by molar-refractivity contribution is -0.136. The van der Waals surface area contributed by atoms with E-state index >= 15 is 0 Å². The molecule has 132 valence electrons. The molecule has 0 spiro atoms. The van der Waals surface area contributed by atoms with Crippen LogP contribution in [0.4, 0.5) is 0 Å². The van der Waals surface area contributed by atoms with E-state index < -0.39 is 5.97 Å². The van der Waals surface area contributed by atoms with Crippen molar-refractivity contribution in [2.24, 2.45) is 0 Å². The summed E-state index contributed by atoms with van der Waals surface area (Å²) in [5.41, 5.74) is 2.15. The van der Waals surface area contributed by atoms with Gasteiger partial charge in [0.2, 0.25) is 0 Å². The third kappa shape index (κ3) is 4.87. The van der Waals surface area contributed by atoms with E-state index in [1.807, 2.05) is 48.5 Å². The van der Waals surface area contributed by atoms with Crippen molar-refractivity contribution in [3.8, 4) is 22.6 Å². The third-order valence-electron chi connectivity index (χ3n) is 3.50. The molecule has 0 heterocycles. The quantitative estimate of drug-likeness (QED) is 0.298. The number of hydrogen-bond donors (Lipinski definition) is 0. The second-order valence-electron chi connectivity index (χ2n) is 5.35. The van der Waals surface area contributed by atoms with E-state index in [0.717, 1.165) is 20.1 Å². The summed E-state index contributed by atoms with van der Waals surface area (Å²) in [6.45, 7) is -0.227. The maximum atomic E-state index is 12.0. The van der Waals surface area contributed by atoms with Crippen molar-refractivity contribution in [2.75, 3.05) is 6.61 Å². The average Bonchev–Trinajstić information content (AvgIpc) is 2.64. The highest BCUT2D eigenvalue weighted by molar-refractivity contribution is 9.10. The standard InChI is InChI=1S/C20H13Br2ClO3/c21-15-7-9-19(17(23)11-15)26-20(24)12-25-18-8-6-14(10-16(18)22)13-4-2-1-3-5-13/h1-11H,12H2. The fourth-order valence-corrected chi connectivity index (χ4v) is 3.48. The molecule has 26 heavy (non-hydrogen) atoms. The summed E-state index contributed by atoms with van der Waals surface area (Å²) < 4.78 is 12.3. The Kier molecular flexibility index (Phi) is 6.35. The summed E-state index contributed by atoms with van der Waals surface area (Å²) in [7, 11) is 0. The van der Waals surface area contributed by atoms with Crippen molar-refractivity contribution < 1.29 is 14.3 Å². The Balaban J connectivity index is 1.63. The number of rotatable bonds is 5. The molecule has 0 bridgehead atoms. The maximum absolute atomic E-state index is 12.0. The summed E-state index contributed by atoms with van der Waals surface area (Å²) in [6.07, 6.45) is 0. The minimum atomic E-state index is -0.534. The highest BCUT2D eigenvalue weighted by atomic mass is 79.9. The van der Waals surface area contributed by atoms with Crippen LogP contribution in [0.3, 0.4) is 0 Å². The number of carbonyl (C=O) groups is 1. The molecule has 0 radical (unpaired) electrons. The highest BCUT2D eigenvalue weighted by Gasteiger charge is 2.11. The van der Waals surface area contributed by atoms with Gasteiger partial charge in [-0.3, -0.25) is 0 Å². The predicted octanol–water partition coefficient (Wildman–Crippen LogP) is 6.52. The Morgan fingerprint density at radius 3 is 2.31 bits per heavy atom. The minimum absolute atomic E-state index is 0.227. The molecule has 3 aromatic carbocycles. The molecule has 0 saturated carbocycles. The Morgan fingerprint density at radius 1 is 0.885 bits per heavy atom. The van der Waals surface area contributed by atoms with E-state index in [9.17, 15) is 4.79 Å². The van der Waals surface area contributed by atoms with E-state index in [1.54, 1.807) is 18.2 Å². The average molecular weight is 497 g/mol. The summed E-state index contributed by atoms with van der Waals surface area (Å²) in [4.78, 5) is 12.0. The first kappa shape index (κ1) is 19.0. The molecule has 0 N–H and O–H groups in total. The van der Waals surface area contributed by atoms with E-state index in [1.165, 1.54) is 0 Å². The van der Waals surface area contributed by atoms with Gasteiger partial charge in [0.1, 0.15) is 11.5 Å². The molecule has 0 amide bonds. The van der Waals surface area contributed by atoms with Crippen LogP contribution in [0.2, 0.25) is 5.02 Å². The first-order chi connectivity index (χ1) is 12.5. The fourth-order valence-electron chi connectivity index (χ4n) is 2.27. The molecule has 0 atom stereocenters. The second kappa shape index (κ2) is 8.71. The molecule has 0 saturated heterocycles. The van der Waals surface area contributed by atoms with Gasteiger partial charge in [-0.05, 0) is 57.4 Å². The highest BCUT2D eigenvalue weighted by Crippen LogP contribution is 2.31. The molecule has 0 aliphatic rings. The summed E-state index contributed by atoms with van der Waals surface area (Å²) in [5, 5.41) is 0.348.